The molecule has 0 unspecified atom stereocenters. The van der Waals surface area contributed by atoms with Crippen molar-refractivity contribution in [3.8, 4) is 0 Å². The molecule has 2 rings (SSSR count). The van der Waals surface area contributed by atoms with Crippen molar-refractivity contribution >= 4 is 12.0 Å². The van der Waals surface area contributed by atoms with Crippen molar-refractivity contribution < 1.29 is 14.3 Å². The number of alkyl carbamates (subject to hydrolysis) is 1. The van der Waals surface area contributed by atoms with Gasteiger partial charge in [-0.2, -0.15) is 0 Å². The first-order valence-corrected chi connectivity index (χ1v) is 8.45. The molecule has 0 radical (unpaired) electrons. The summed E-state index contributed by atoms with van der Waals surface area (Å²) in [5.74, 6) is -0.115. The van der Waals surface area contributed by atoms with Gasteiger partial charge in [0.1, 0.15) is 5.60 Å². The van der Waals surface area contributed by atoms with E-state index in [0.29, 0.717) is 12.1 Å². The summed E-state index contributed by atoms with van der Waals surface area (Å²) in [5, 5.41) is 4.67. The lowest BCUT2D eigenvalue weighted by atomic mass is 10.1. The molecular formula is C18H27N3O3. The number of nitrogens with zero attached hydrogens (tertiary/aromatic N) is 1. The maximum Gasteiger partial charge on any atom is 0.407 e. The van der Waals surface area contributed by atoms with Crippen LogP contribution in [0.5, 0.6) is 0 Å². The Bertz CT molecular complexity index is 575. The quantitative estimate of drug-likeness (QED) is 0.889. The van der Waals surface area contributed by atoms with Crippen LogP contribution in [0.15, 0.2) is 24.3 Å². The van der Waals surface area contributed by atoms with Gasteiger partial charge in [-0.05, 0) is 51.3 Å². The maximum atomic E-state index is 12.3. The molecule has 1 aromatic rings. The van der Waals surface area contributed by atoms with Gasteiger partial charge < -0.3 is 10.1 Å². The van der Waals surface area contributed by atoms with E-state index in [0.717, 1.165) is 31.5 Å². The Morgan fingerprint density at radius 2 is 1.88 bits per heavy atom. The highest BCUT2D eigenvalue weighted by molar-refractivity contribution is 5.94. The van der Waals surface area contributed by atoms with Gasteiger partial charge in [0.05, 0.1) is 0 Å². The summed E-state index contributed by atoms with van der Waals surface area (Å²) in [4.78, 5) is 24.0. The molecule has 24 heavy (non-hydrogen) atoms. The molecule has 0 atom stereocenters. The van der Waals surface area contributed by atoms with Gasteiger partial charge in [0.2, 0.25) is 0 Å². The monoisotopic (exact) mass is 333 g/mol. The molecule has 1 fully saturated rings. The third-order valence-electron chi connectivity index (χ3n) is 3.64. The second-order valence-corrected chi connectivity index (χ2v) is 7.04. The maximum absolute atomic E-state index is 12.3. The largest absolute Gasteiger partial charge is 0.444 e. The first-order valence-electron chi connectivity index (χ1n) is 8.45. The van der Waals surface area contributed by atoms with E-state index in [4.69, 9.17) is 4.74 Å². The number of carbonyl (C=O) groups is 2. The zero-order valence-corrected chi connectivity index (χ0v) is 14.7. The van der Waals surface area contributed by atoms with Crippen LogP contribution in [0.4, 0.5) is 4.79 Å². The fourth-order valence-corrected chi connectivity index (χ4v) is 2.52. The zero-order chi connectivity index (χ0) is 17.6. The minimum absolute atomic E-state index is 0.115. The van der Waals surface area contributed by atoms with Crippen molar-refractivity contribution in [3.05, 3.63) is 35.4 Å². The van der Waals surface area contributed by atoms with E-state index in [9.17, 15) is 9.59 Å². The van der Waals surface area contributed by atoms with E-state index in [1.165, 1.54) is 6.42 Å². The number of benzene rings is 1. The predicted octanol–water partition coefficient (Wildman–Crippen LogP) is 2.84. The van der Waals surface area contributed by atoms with Crippen LogP contribution in [0.1, 0.15) is 56.0 Å². The summed E-state index contributed by atoms with van der Waals surface area (Å²) in [6.07, 6.45) is 2.98. The van der Waals surface area contributed by atoms with Crippen LogP contribution in [-0.4, -0.2) is 35.7 Å². The molecule has 0 spiro atoms. The molecule has 0 bridgehead atoms. The molecular weight excluding hydrogens is 306 g/mol. The van der Waals surface area contributed by atoms with E-state index in [-0.39, 0.29) is 5.91 Å². The Balaban J connectivity index is 1.88. The molecule has 2 N–H and O–H groups in total. The second kappa shape index (κ2) is 8.15. The Kier molecular flexibility index (Phi) is 6.20. The fraction of sp³-hybridized carbons (Fsp3) is 0.556. The number of rotatable bonds is 4. The lowest BCUT2D eigenvalue weighted by molar-refractivity contribution is 0.0523. The number of piperidine rings is 1. The highest BCUT2D eigenvalue weighted by Crippen LogP contribution is 2.10. The Morgan fingerprint density at radius 1 is 1.17 bits per heavy atom. The van der Waals surface area contributed by atoms with Gasteiger partial charge in [0.25, 0.3) is 5.91 Å². The summed E-state index contributed by atoms with van der Waals surface area (Å²) in [5.41, 5.74) is 3.85. The number of ether oxygens (including phenoxy) is 1. The van der Waals surface area contributed by atoms with Crippen LogP contribution in [0.25, 0.3) is 0 Å². The van der Waals surface area contributed by atoms with Gasteiger partial charge in [-0.25, -0.2) is 9.80 Å². The van der Waals surface area contributed by atoms with E-state index in [1.54, 1.807) is 12.1 Å². The topological polar surface area (TPSA) is 70.7 Å². The predicted molar refractivity (Wildman–Crippen MR) is 92.4 cm³/mol. The average Bonchev–Trinajstić information content (AvgIpc) is 2.52. The molecule has 0 aromatic heterocycles. The minimum atomic E-state index is -0.528. The van der Waals surface area contributed by atoms with Gasteiger partial charge in [-0.15, -0.1) is 0 Å². The highest BCUT2D eigenvalue weighted by Gasteiger charge is 2.16. The van der Waals surface area contributed by atoms with Gasteiger partial charge in [-0.3, -0.25) is 10.2 Å². The van der Waals surface area contributed by atoms with Crippen molar-refractivity contribution in [2.45, 2.75) is 52.2 Å². The molecule has 1 aromatic carbocycles. The minimum Gasteiger partial charge on any atom is -0.444 e. The molecule has 1 aliphatic rings. The van der Waals surface area contributed by atoms with Crippen LogP contribution in [0.3, 0.4) is 0 Å². The number of nitrogens with one attached hydrogen (secondary N) is 2. The van der Waals surface area contributed by atoms with Crippen LogP contribution >= 0.6 is 0 Å². The summed E-state index contributed by atoms with van der Waals surface area (Å²) >= 11 is 0. The number of amides is 2. The van der Waals surface area contributed by atoms with Crippen LogP contribution in [-0.2, 0) is 11.3 Å². The summed E-state index contributed by atoms with van der Waals surface area (Å²) in [6.45, 7) is 7.56. The first-order chi connectivity index (χ1) is 11.3. The number of carbonyl (C=O) groups excluding carboxylic acids is 2. The summed E-state index contributed by atoms with van der Waals surface area (Å²) in [6, 6.07) is 7.25. The van der Waals surface area contributed by atoms with Crippen molar-refractivity contribution in [1.82, 2.24) is 15.8 Å². The lowest BCUT2D eigenvalue weighted by Crippen LogP contribution is -2.45. The molecule has 0 aliphatic carbocycles. The van der Waals surface area contributed by atoms with E-state index in [2.05, 4.69) is 10.7 Å². The van der Waals surface area contributed by atoms with Crippen molar-refractivity contribution in [2.75, 3.05) is 13.1 Å². The molecule has 2 amide bonds. The third-order valence-corrected chi connectivity index (χ3v) is 3.64. The normalized spacial score (nSPS) is 15.6. The van der Waals surface area contributed by atoms with Crippen LogP contribution < -0.4 is 10.7 Å². The fourth-order valence-electron chi connectivity index (χ4n) is 2.52. The van der Waals surface area contributed by atoms with E-state index in [1.807, 2.05) is 37.9 Å². The molecule has 1 heterocycles. The molecule has 0 saturated carbocycles. The van der Waals surface area contributed by atoms with Gasteiger partial charge in [0.15, 0.2) is 0 Å². The smallest absolute Gasteiger partial charge is 0.407 e. The molecule has 6 heteroatoms. The SMILES string of the molecule is CC(C)(C)OC(=O)NCc1cccc(C(=O)NN2CCCCC2)c1. The van der Waals surface area contributed by atoms with E-state index >= 15 is 0 Å². The van der Waals surface area contributed by atoms with Crippen molar-refractivity contribution in [3.63, 3.8) is 0 Å². The first kappa shape index (κ1) is 18.3. The van der Waals surface area contributed by atoms with Crippen LogP contribution in [0, 0.1) is 0 Å². The second-order valence-electron chi connectivity index (χ2n) is 7.04. The molecule has 1 aliphatic heterocycles. The standard InChI is InChI=1S/C18H27N3O3/c1-18(2,3)24-17(23)19-13-14-8-7-9-15(12-14)16(22)20-21-10-5-4-6-11-21/h7-9,12H,4-6,10-11,13H2,1-3H3,(H,19,23)(H,20,22). The Hall–Kier alpha value is -2.08. The number of hydrazine groups is 1. The summed E-state index contributed by atoms with van der Waals surface area (Å²) in [7, 11) is 0. The van der Waals surface area contributed by atoms with Crippen molar-refractivity contribution in [2.24, 2.45) is 0 Å². The molecule has 1 saturated heterocycles. The van der Waals surface area contributed by atoms with Crippen molar-refractivity contribution in [1.29, 1.82) is 0 Å². The third kappa shape index (κ3) is 6.20. The highest BCUT2D eigenvalue weighted by atomic mass is 16.6. The number of hydrogen-bond acceptors (Lipinski definition) is 4. The van der Waals surface area contributed by atoms with Crippen LogP contribution in [0.2, 0.25) is 0 Å². The van der Waals surface area contributed by atoms with E-state index < -0.39 is 11.7 Å². The lowest BCUT2D eigenvalue weighted by Gasteiger charge is -2.26. The van der Waals surface area contributed by atoms with Gasteiger partial charge >= 0.3 is 6.09 Å². The molecule has 6 nitrogen and oxygen atoms in total. The molecule has 132 valence electrons. The van der Waals surface area contributed by atoms with Gasteiger partial charge in [0, 0.05) is 25.2 Å². The number of hydrogen-bond donors (Lipinski definition) is 2. The zero-order valence-electron chi connectivity index (χ0n) is 14.7. The van der Waals surface area contributed by atoms with Gasteiger partial charge in [-0.1, -0.05) is 18.6 Å². The Morgan fingerprint density at radius 3 is 2.54 bits per heavy atom. The Labute approximate surface area is 143 Å². The average molecular weight is 333 g/mol. The summed E-state index contributed by atoms with van der Waals surface area (Å²) < 4.78 is 5.20.